The third kappa shape index (κ3) is 4.95. The van der Waals surface area contributed by atoms with Gasteiger partial charge < -0.3 is 0 Å². The van der Waals surface area contributed by atoms with Crippen LogP contribution in [0.3, 0.4) is 0 Å². The molecule has 0 unspecified atom stereocenters. The number of fused-ring (bicyclic) bond motifs is 1. The van der Waals surface area contributed by atoms with Gasteiger partial charge in [0.05, 0.1) is 0 Å². The SMILES string of the molecule is CCC[CH2][Sn]([CH2]CCC)([CH2]CCC)[c]1ccc2ccncc2c1. The second-order valence-corrected chi connectivity index (χ2v) is 20.3. The first kappa shape index (κ1) is 18.8. The summed E-state index contributed by atoms with van der Waals surface area (Å²) < 4.78 is 6.38. The Hall–Kier alpha value is -0.571. The van der Waals surface area contributed by atoms with Gasteiger partial charge >= 0.3 is 147 Å². The van der Waals surface area contributed by atoms with Crippen molar-refractivity contribution in [3.8, 4) is 0 Å². The van der Waals surface area contributed by atoms with Crippen LogP contribution in [0.5, 0.6) is 0 Å². The van der Waals surface area contributed by atoms with E-state index in [-0.39, 0.29) is 0 Å². The van der Waals surface area contributed by atoms with Crippen LogP contribution in [0.1, 0.15) is 59.3 Å². The third-order valence-electron chi connectivity index (χ3n) is 5.28. The van der Waals surface area contributed by atoms with Crippen LogP contribution in [-0.2, 0) is 0 Å². The molecule has 0 bridgehead atoms. The summed E-state index contributed by atoms with van der Waals surface area (Å²) in [5.41, 5.74) is 0. The molecule has 0 aliphatic carbocycles. The van der Waals surface area contributed by atoms with Gasteiger partial charge in [-0.25, -0.2) is 0 Å². The summed E-state index contributed by atoms with van der Waals surface area (Å²) in [5.74, 6) is 0. The zero-order valence-corrected chi connectivity index (χ0v) is 18.1. The summed E-state index contributed by atoms with van der Waals surface area (Å²) in [6, 6.07) is 9.49. The molecule has 0 atom stereocenters. The molecule has 0 radical (unpaired) electrons. The Bertz CT molecular complexity index is 571. The molecule has 1 nitrogen and oxygen atoms in total. The van der Waals surface area contributed by atoms with E-state index in [4.69, 9.17) is 0 Å². The number of hydrogen-bond acceptors (Lipinski definition) is 1. The van der Waals surface area contributed by atoms with Crippen molar-refractivity contribution >= 4 is 32.7 Å². The van der Waals surface area contributed by atoms with Gasteiger partial charge in [0, 0.05) is 0 Å². The molecule has 1 heterocycles. The first-order valence-electron chi connectivity index (χ1n) is 9.60. The second kappa shape index (κ2) is 9.66. The normalized spacial score (nSPS) is 12.0. The standard InChI is InChI=1S/C9H6N.3C4H9.Sn/c1-2-4-9-7-10-6-5-8(9)3-1;3*1-3-4-2;/h1,3-7H;3*1,3-4H2,2H3;. The summed E-state index contributed by atoms with van der Waals surface area (Å²) in [5, 5.41) is 2.68. The van der Waals surface area contributed by atoms with Gasteiger partial charge in [0.15, 0.2) is 0 Å². The van der Waals surface area contributed by atoms with Crippen molar-refractivity contribution in [1.29, 1.82) is 0 Å². The zero-order valence-electron chi connectivity index (χ0n) is 15.3. The van der Waals surface area contributed by atoms with Crippen molar-refractivity contribution in [2.24, 2.45) is 0 Å². The van der Waals surface area contributed by atoms with Crippen LogP contribution >= 0.6 is 0 Å². The van der Waals surface area contributed by atoms with Crippen molar-refractivity contribution in [2.45, 2.75) is 72.6 Å². The molecule has 23 heavy (non-hydrogen) atoms. The quantitative estimate of drug-likeness (QED) is 0.414. The number of rotatable bonds is 10. The fourth-order valence-electron chi connectivity index (χ4n) is 3.77. The van der Waals surface area contributed by atoms with E-state index in [0.717, 1.165) is 0 Å². The number of unbranched alkanes of at least 4 members (excludes halogenated alkanes) is 3. The molecule has 0 amide bonds. The van der Waals surface area contributed by atoms with E-state index in [2.05, 4.69) is 56.2 Å². The van der Waals surface area contributed by atoms with Crippen LogP contribution in [0.15, 0.2) is 36.7 Å². The predicted octanol–water partition coefficient (Wildman–Crippen LogP) is 6.29. The fourth-order valence-corrected chi connectivity index (χ4v) is 19.8. The van der Waals surface area contributed by atoms with E-state index in [0.29, 0.717) is 0 Å². The van der Waals surface area contributed by atoms with Gasteiger partial charge in [-0.15, -0.1) is 0 Å². The van der Waals surface area contributed by atoms with E-state index < -0.39 is 18.4 Å². The molecular formula is C21H33NSn. The van der Waals surface area contributed by atoms with Crippen LogP contribution in [0.4, 0.5) is 0 Å². The minimum absolute atomic E-state index is 1.34. The Morgan fingerprint density at radius 2 is 1.39 bits per heavy atom. The third-order valence-corrected chi connectivity index (χ3v) is 20.9. The van der Waals surface area contributed by atoms with Gasteiger partial charge in [-0.2, -0.15) is 0 Å². The Morgan fingerprint density at radius 1 is 0.783 bits per heavy atom. The summed E-state index contributed by atoms with van der Waals surface area (Å²) in [7, 11) is 0. The van der Waals surface area contributed by atoms with Crippen LogP contribution in [0.2, 0.25) is 13.3 Å². The van der Waals surface area contributed by atoms with E-state index in [1.807, 2.05) is 6.20 Å². The molecule has 0 saturated heterocycles. The van der Waals surface area contributed by atoms with Gasteiger partial charge in [0.25, 0.3) is 0 Å². The number of aromatic nitrogens is 1. The topological polar surface area (TPSA) is 12.9 Å². The van der Waals surface area contributed by atoms with Crippen molar-refractivity contribution < 1.29 is 0 Å². The molecule has 2 rings (SSSR count). The first-order valence-corrected chi connectivity index (χ1v) is 17.1. The Morgan fingerprint density at radius 3 is 1.96 bits per heavy atom. The molecule has 0 fully saturated rings. The van der Waals surface area contributed by atoms with E-state index >= 15 is 0 Å². The number of pyridine rings is 1. The van der Waals surface area contributed by atoms with Crippen molar-refractivity contribution in [2.75, 3.05) is 0 Å². The molecule has 0 N–H and O–H groups in total. The van der Waals surface area contributed by atoms with Crippen molar-refractivity contribution in [3.63, 3.8) is 0 Å². The molecule has 2 aromatic rings. The Balaban J connectivity index is 2.41. The molecule has 1 aromatic carbocycles. The molecular weight excluding hydrogens is 385 g/mol. The van der Waals surface area contributed by atoms with Gasteiger partial charge in [-0.3, -0.25) is 0 Å². The van der Waals surface area contributed by atoms with E-state index in [1.54, 1.807) is 3.58 Å². The molecule has 126 valence electrons. The maximum atomic E-state index is 4.35. The summed E-state index contributed by atoms with van der Waals surface area (Å²) >= 11 is -2.27. The number of hydrogen-bond donors (Lipinski definition) is 0. The number of benzene rings is 1. The summed E-state index contributed by atoms with van der Waals surface area (Å²) in [6.45, 7) is 7.04. The van der Waals surface area contributed by atoms with Crippen LogP contribution in [0.25, 0.3) is 10.8 Å². The van der Waals surface area contributed by atoms with Crippen molar-refractivity contribution in [3.05, 3.63) is 36.7 Å². The van der Waals surface area contributed by atoms with Crippen LogP contribution in [0, 0.1) is 0 Å². The first-order chi connectivity index (χ1) is 11.3. The molecule has 0 aliphatic rings. The Kier molecular flexibility index (Phi) is 7.88. The average Bonchev–Trinajstić information content (AvgIpc) is 2.61. The summed E-state index contributed by atoms with van der Waals surface area (Å²) in [6.07, 6.45) is 12.3. The molecule has 0 saturated carbocycles. The second-order valence-electron chi connectivity index (χ2n) is 7.03. The van der Waals surface area contributed by atoms with Gasteiger partial charge in [0.1, 0.15) is 0 Å². The van der Waals surface area contributed by atoms with Gasteiger partial charge in [-0.1, -0.05) is 0 Å². The number of nitrogens with zero attached hydrogens (tertiary/aromatic N) is 1. The predicted molar refractivity (Wildman–Crippen MR) is 106 cm³/mol. The monoisotopic (exact) mass is 419 g/mol. The molecule has 1 aromatic heterocycles. The Labute approximate surface area is 146 Å². The fraction of sp³-hybridized carbons (Fsp3) is 0.571. The summed E-state index contributed by atoms with van der Waals surface area (Å²) in [4.78, 5) is 4.35. The molecule has 0 spiro atoms. The van der Waals surface area contributed by atoms with Crippen molar-refractivity contribution in [1.82, 2.24) is 4.98 Å². The molecule has 0 aliphatic heterocycles. The van der Waals surface area contributed by atoms with E-state index in [9.17, 15) is 0 Å². The van der Waals surface area contributed by atoms with E-state index in [1.165, 1.54) is 62.6 Å². The maximum absolute atomic E-state index is 4.35. The minimum atomic E-state index is -2.27. The van der Waals surface area contributed by atoms with Crippen LogP contribution in [-0.4, -0.2) is 23.4 Å². The average molecular weight is 418 g/mol. The zero-order chi connectivity index (χ0) is 16.5. The van der Waals surface area contributed by atoms with Crippen LogP contribution < -0.4 is 3.58 Å². The molecule has 2 heteroatoms. The van der Waals surface area contributed by atoms with Gasteiger partial charge in [0.2, 0.25) is 0 Å². The van der Waals surface area contributed by atoms with Gasteiger partial charge in [-0.05, 0) is 0 Å².